The summed E-state index contributed by atoms with van der Waals surface area (Å²) in [6.07, 6.45) is 3.63. The van der Waals surface area contributed by atoms with Crippen LogP contribution >= 0.6 is 11.8 Å². The highest BCUT2D eigenvalue weighted by atomic mass is 32.2. The molecule has 0 saturated carbocycles. The summed E-state index contributed by atoms with van der Waals surface area (Å²) in [5.41, 5.74) is 4.31. The quantitative estimate of drug-likeness (QED) is 0.568. The molecule has 2 heterocycles. The van der Waals surface area contributed by atoms with E-state index in [0.717, 1.165) is 21.7 Å². The smallest absolute Gasteiger partial charge is 0.255 e. The lowest BCUT2D eigenvalue weighted by Crippen LogP contribution is -2.13. The van der Waals surface area contributed by atoms with Gasteiger partial charge in [0, 0.05) is 23.6 Å². The molecule has 160 valence electrons. The van der Waals surface area contributed by atoms with Gasteiger partial charge in [0.15, 0.2) is 11.5 Å². The van der Waals surface area contributed by atoms with Gasteiger partial charge in [-0.25, -0.2) is 0 Å². The minimum absolute atomic E-state index is 0.0518. The molecule has 1 aliphatic rings. The number of pyridine rings is 1. The molecular weight excluding hydrogens is 414 g/mol. The molecular formula is C23H23N3O4S. The number of thioether (sulfide) groups is 1. The van der Waals surface area contributed by atoms with E-state index in [1.165, 1.54) is 21.3 Å². The fraction of sp³-hybridized carbons (Fsp3) is 0.217. The Balaban J connectivity index is 1.58. The van der Waals surface area contributed by atoms with E-state index < -0.39 is 0 Å². The number of methoxy groups -OCH3 is 3. The SMILES string of the molecule is COc1cc(C(=O)Nc2cc(C)cc(C3Nc4ccncc4S3)c2)cc(OC)c1OC. The van der Waals surface area contributed by atoms with Gasteiger partial charge in [0.05, 0.1) is 31.9 Å². The van der Waals surface area contributed by atoms with E-state index in [-0.39, 0.29) is 11.3 Å². The highest BCUT2D eigenvalue weighted by Crippen LogP contribution is 2.46. The molecule has 1 aromatic heterocycles. The van der Waals surface area contributed by atoms with Crippen LogP contribution in [-0.2, 0) is 0 Å². The van der Waals surface area contributed by atoms with E-state index in [1.807, 2.05) is 31.3 Å². The largest absolute Gasteiger partial charge is 0.493 e. The maximum absolute atomic E-state index is 13.0. The minimum atomic E-state index is -0.268. The van der Waals surface area contributed by atoms with E-state index in [1.54, 1.807) is 30.1 Å². The van der Waals surface area contributed by atoms with Gasteiger partial charge < -0.3 is 24.8 Å². The van der Waals surface area contributed by atoms with Crippen molar-refractivity contribution in [2.45, 2.75) is 17.2 Å². The zero-order valence-corrected chi connectivity index (χ0v) is 18.5. The number of fused-ring (bicyclic) bond motifs is 1. The number of rotatable bonds is 6. The Morgan fingerprint density at radius 3 is 2.45 bits per heavy atom. The number of benzene rings is 2. The van der Waals surface area contributed by atoms with Crippen LogP contribution in [0.1, 0.15) is 26.9 Å². The monoisotopic (exact) mass is 437 g/mol. The van der Waals surface area contributed by atoms with Gasteiger partial charge in [-0.3, -0.25) is 9.78 Å². The highest BCUT2D eigenvalue weighted by Gasteiger charge is 2.24. The zero-order valence-electron chi connectivity index (χ0n) is 17.7. The number of anilines is 2. The molecule has 0 radical (unpaired) electrons. The molecule has 1 aliphatic heterocycles. The van der Waals surface area contributed by atoms with Gasteiger partial charge in [-0.1, -0.05) is 17.8 Å². The van der Waals surface area contributed by atoms with Crippen LogP contribution in [0.5, 0.6) is 17.2 Å². The third-order valence-corrected chi connectivity index (χ3v) is 6.11. The Labute approximate surface area is 185 Å². The average Bonchev–Trinajstić information content (AvgIpc) is 3.22. The van der Waals surface area contributed by atoms with Crippen molar-refractivity contribution >= 4 is 29.0 Å². The van der Waals surface area contributed by atoms with E-state index in [0.29, 0.717) is 28.5 Å². The number of carbonyl (C=O) groups is 1. The van der Waals surface area contributed by atoms with Crippen LogP contribution in [0.3, 0.4) is 0 Å². The van der Waals surface area contributed by atoms with Crippen LogP contribution in [0.2, 0.25) is 0 Å². The van der Waals surface area contributed by atoms with Gasteiger partial charge in [-0.2, -0.15) is 0 Å². The lowest BCUT2D eigenvalue weighted by molar-refractivity contribution is 0.102. The Kier molecular flexibility index (Phi) is 5.90. The molecule has 7 nitrogen and oxygen atoms in total. The van der Waals surface area contributed by atoms with Crippen LogP contribution < -0.4 is 24.8 Å². The highest BCUT2D eigenvalue weighted by molar-refractivity contribution is 8.00. The maximum atomic E-state index is 13.0. The van der Waals surface area contributed by atoms with E-state index in [4.69, 9.17) is 14.2 Å². The zero-order chi connectivity index (χ0) is 22.0. The summed E-state index contributed by atoms with van der Waals surface area (Å²) >= 11 is 1.70. The third kappa shape index (κ3) is 4.25. The van der Waals surface area contributed by atoms with Gasteiger partial charge in [0.2, 0.25) is 5.75 Å². The Morgan fingerprint density at radius 2 is 1.81 bits per heavy atom. The van der Waals surface area contributed by atoms with E-state index in [2.05, 4.69) is 21.7 Å². The molecule has 0 saturated heterocycles. The van der Waals surface area contributed by atoms with Gasteiger partial charge in [0.1, 0.15) is 5.37 Å². The predicted molar refractivity (Wildman–Crippen MR) is 122 cm³/mol. The second-order valence-electron chi connectivity index (χ2n) is 7.01. The lowest BCUT2D eigenvalue weighted by Gasteiger charge is -2.16. The first-order chi connectivity index (χ1) is 15.0. The number of carbonyl (C=O) groups excluding carboxylic acids is 1. The van der Waals surface area contributed by atoms with Crippen LogP contribution in [0, 0.1) is 6.92 Å². The van der Waals surface area contributed by atoms with Gasteiger partial charge in [-0.05, 0) is 48.4 Å². The standard InChI is InChI=1S/C23H23N3O4S/c1-13-7-15(23-26-17-5-6-24-12-20(17)31-23)9-16(8-13)25-22(27)14-10-18(28-2)21(30-4)19(11-14)29-3/h5-12,23,26H,1-4H3,(H,25,27). The molecule has 0 spiro atoms. The topological polar surface area (TPSA) is 81.7 Å². The molecule has 3 aromatic rings. The first-order valence-electron chi connectivity index (χ1n) is 9.62. The summed E-state index contributed by atoms with van der Waals surface area (Å²) in [7, 11) is 4.56. The molecule has 1 atom stereocenters. The Bertz CT molecular complexity index is 1090. The predicted octanol–water partition coefficient (Wildman–Crippen LogP) is 4.88. The maximum Gasteiger partial charge on any atom is 0.255 e. The first-order valence-corrected chi connectivity index (χ1v) is 10.5. The van der Waals surface area contributed by atoms with E-state index >= 15 is 0 Å². The molecule has 4 rings (SSSR count). The molecule has 31 heavy (non-hydrogen) atoms. The fourth-order valence-electron chi connectivity index (χ4n) is 3.49. The summed E-state index contributed by atoms with van der Waals surface area (Å²) in [5.74, 6) is 1.03. The van der Waals surface area contributed by atoms with Crippen molar-refractivity contribution in [3.63, 3.8) is 0 Å². The molecule has 0 bridgehead atoms. The molecule has 2 aromatic carbocycles. The number of nitrogens with one attached hydrogen (secondary N) is 2. The average molecular weight is 438 g/mol. The Morgan fingerprint density at radius 1 is 1.06 bits per heavy atom. The van der Waals surface area contributed by atoms with Gasteiger partial charge in [-0.15, -0.1) is 0 Å². The van der Waals surface area contributed by atoms with Crippen molar-refractivity contribution in [1.29, 1.82) is 0 Å². The normalized spacial score (nSPS) is 14.4. The van der Waals surface area contributed by atoms with Crippen LogP contribution in [-0.4, -0.2) is 32.2 Å². The van der Waals surface area contributed by atoms with Crippen molar-refractivity contribution in [1.82, 2.24) is 4.98 Å². The van der Waals surface area contributed by atoms with Crippen LogP contribution in [0.15, 0.2) is 53.7 Å². The summed E-state index contributed by atoms with van der Waals surface area (Å²) in [4.78, 5) is 18.3. The van der Waals surface area contributed by atoms with Crippen molar-refractivity contribution in [3.05, 3.63) is 65.5 Å². The molecule has 1 unspecified atom stereocenters. The number of amides is 1. The van der Waals surface area contributed by atoms with Crippen molar-refractivity contribution in [3.8, 4) is 17.2 Å². The number of aromatic nitrogens is 1. The second-order valence-corrected chi connectivity index (χ2v) is 8.16. The third-order valence-electron chi connectivity index (χ3n) is 4.90. The summed E-state index contributed by atoms with van der Waals surface area (Å²) < 4.78 is 16.0. The first kappa shape index (κ1) is 20.9. The van der Waals surface area contributed by atoms with Crippen molar-refractivity contribution in [2.24, 2.45) is 0 Å². The number of aryl methyl sites for hydroxylation is 1. The summed E-state index contributed by atoms with van der Waals surface area (Å²) in [6, 6.07) is 11.3. The number of nitrogens with zero attached hydrogens (tertiary/aromatic N) is 1. The Hall–Kier alpha value is -3.39. The van der Waals surface area contributed by atoms with Crippen molar-refractivity contribution in [2.75, 3.05) is 32.0 Å². The molecule has 8 heteroatoms. The van der Waals surface area contributed by atoms with Crippen molar-refractivity contribution < 1.29 is 19.0 Å². The lowest BCUT2D eigenvalue weighted by atomic mass is 10.1. The van der Waals surface area contributed by atoms with Gasteiger partial charge >= 0.3 is 0 Å². The molecule has 0 fully saturated rings. The summed E-state index contributed by atoms with van der Waals surface area (Å²) in [5, 5.41) is 6.53. The number of hydrogen-bond donors (Lipinski definition) is 2. The molecule has 2 N–H and O–H groups in total. The van der Waals surface area contributed by atoms with Gasteiger partial charge in [0.25, 0.3) is 5.91 Å². The second kappa shape index (κ2) is 8.77. The fourth-order valence-corrected chi connectivity index (χ4v) is 4.58. The summed E-state index contributed by atoms with van der Waals surface area (Å²) in [6.45, 7) is 2.01. The van der Waals surface area contributed by atoms with E-state index in [9.17, 15) is 4.79 Å². The van der Waals surface area contributed by atoms with Crippen LogP contribution in [0.25, 0.3) is 0 Å². The number of ether oxygens (including phenoxy) is 3. The van der Waals surface area contributed by atoms with Crippen LogP contribution in [0.4, 0.5) is 11.4 Å². The minimum Gasteiger partial charge on any atom is -0.493 e. The molecule has 0 aliphatic carbocycles. The molecule has 1 amide bonds. The number of hydrogen-bond acceptors (Lipinski definition) is 7.